The molecule has 1 aliphatic rings. The number of benzene rings is 1. The number of carbonyl (C=O) groups excluding carboxylic acids is 1. The van der Waals surface area contributed by atoms with Crippen molar-refractivity contribution in [3.05, 3.63) is 29.8 Å². The van der Waals surface area contributed by atoms with Crippen molar-refractivity contribution in [1.29, 1.82) is 0 Å². The second-order valence-electron chi connectivity index (χ2n) is 5.22. The normalized spacial score (nSPS) is 17.5. The fourth-order valence-corrected chi connectivity index (χ4v) is 3.34. The van der Waals surface area contributed by atoms with Crippen LogP contribution in [0, 0.1) is 0 Å². The molecule has 1 aliphatic heterocycles. The summed E-state index contributed by atoms with van der Waals surface area (Å²) in [5, 5.41) is 3.41. The Hall–Kier alpha value is -0.910. The minimum absolute atomic E-state index is 0. The molecule has 0 radical (unpaired) electrons. The van der Waals surface area contributed by atoms with Crippen LogP contribution in [0.2, 0.25) is 0 Å². The van der Waals surface area contributed by atoms with Crippen LogP contribution in [0.15, 0.2) is 24.3 Å². The fourth-order valence-electron chi connectivity index (χ4n) is 2.39. The predicted octanol–water partition coefficient (Wildman–Crippen LogP) is 2.56. The number of para-hydroxylation sites is 1. The second-order valence-corrected chi connectivity index (χ2v) is 6.37. The molecule has 1 N–H and O–H groups in total. The molecule has 124 valence electrons. The Balaban J connectivity index is 0.00000242. The molecule has 1 amide bonds. The van der Waals surface area contributed by atoms with Crippen LogP contribution in [0.4, 0.5) is 0 Å². The second kappa shape index (κ2) is 9.98. The Bertz CT molecular complexity index is 467. The summed E-state index contributed by atoms with van der Waals surface area (Å²) in [5.74, 6) is 3.21. The highest BCUT2D eigenvalue weighted by atomic mass is 35.5. The van der Waals surface area contributed by atoms with Gasteiger partial charge in [-0.05, 0) is 13.0 Å². The summed E-state index contributed by atoms with van der Waals surface area (Å²) >= 11 is 1.92. The highest BCUT2D eigenvalue weighted by molar-refractivity contribution is 7.99. The first-order chi connectivity index (χ1) is 10.2. The van der Waals surface area contributed by atoms with Gasteiger partial charge < -0.3 is 15.0 Å². The van der Waals surface area contributed by atoms with E-state index >= 15 is 0 Å². The van der Waals surface area contributed by atoms with Crippen molar-refractivity contribution in [1.82, 2.24) is 10.2 Å². The zero-order valence-electron chi connectivity index (χ0n) is 13.2. The van der Waals surface area contributed by atoms with Gasteiger partial charge in [0.05, 0.1) is 6.61 Å². The molecule has 1 unspecified atom stereocenters. The highest BCUT2D eigenvalue weighted by Crippen LogP contribution is 2.20. The van der Waals surface area contributed by atoms with Crippen LogP contribution >= 0.6 is 24.2 Å². The van der Waals surface area contributed by atoms with Gasteiger partial charge in [-0.15, -0.1) is 12.4 Å². The lowest BCUT2D eigenvalue weighted by Gasteiger charge is -2.25. The van der Waals surface area contributed by atoms with Crippen molar-refractivity contribution >= 4 is 30.1 Å². The topological polar surface area (TPSA) is 41.6 Å². The molecule has 22 heavy (non-hydrogen) atoms. The molecule has 1 aromatic rings. The summed E-state index contributed by atoms with van der Waals surface area (Å²) in [6.45, 7) is 4.20. The van der Waals surface area contributed by atoms with Crippen molar-refractivity contribution in [2.45, 2.75) is 25.9 Å². The maximum atomic E-state index is 12.3. The number of halogens is 1. The molecular formula is C16H25ClN2O2S. The summed E-state index contributed by atoms with van der Waals surface area (Å²) in [6, 6.07) is 8.22. The third kappa shape index (κ3) is 5.71. The molecule has 1 heterocycles. The third-order valence-electron chi connectivity index (χ3n) is 3.53. The highest BCUT2D eigenvalue weighted by Gasteiger charge is 2.19. The van der Waals surface area contributed by atoms with E-state index in [4.69, 9.17) is 4.74 Å². The maximum absolute atomic E-state index is 12.3. The first kappa shape index (κ1) is 19.1. The largest absolute Gasteiger partial charge is 0.494 e. The van der Waals surface area contributed by atoms with Gasteiger partial charge >= 0.3 is 0 Å². The Morgan fingerprint density at radius 1 is 1.45 bits per heavy atom. The maximum Gasteiger partial charge on any atom is 0.224 e. The van der Waals surface area contributed by atoms with E-state index in [2.05, 4.69) is 5.32 Å². The quantitative estimate of drug-likeness (QED) is 0.861. The summed E-state index contributed by atoms with van der Waals surface area (Å²) in [4.78, 5) is 14.1. The number of nitrogens with one attached hydrogen (secondary N) is 1. The predicted molar refractivity (Wildman–Crippen MR) is 95.1 cm³/mol. The van der Waals surface area contributed by atoms with Crippen LogP contribution in [0.5, 0.6) is 5.75 Å². The Morgan fingerprint density at radius 2 is 2.23 bits per heavy atom. The molecule has 1 fully saturated rings. The minimum Gasteiger partial charge on any atom is -0.494 e. The Labute approximate surface area is 143 Å². The third-order valence-corrected chi connectivity index (χ3v) is 4.66. The van der Waals surface area contributed by atoms with Gasteiger partial charge in [0.25, 0.3) is 0 Å². The minimum atomic E-state index is 0. The van der Waals surface area contributed by atoms with Crippen molar-refractivity contribution in [3.8, 4) is 5.75 Å². The first-order valence-electron chi connectivity index (χ1n) is 7.46. The zero-order valence-corrected chi connectivity index (χ0v) is 14.8. The molecule has 0 saturated carbocycles. The number of hydrogen-bond acceptors (Lipinski definition) is 4. The standard InChI is InChI=1S/C16H24N2O2S.ClH/c1-3-20-15-7-5-4-6-13(15)11-18(2)16(19)10-14-12-21-9-8-17-14;/h4-7,14,17H,3,8-12H2,1-2H3;1H. The first-order valence-corrected chi connectivity index (χ1v) is 8.62. The van der Waals surface area contributed by atoms with Gasteiger partial charge in [0, 0.05) is 49.7 Å². The fraction of sp³-hybridized carbons (Fsp3) is 0.562. The molecule has 2 rings (SSSR count). The van der Waals surface area contributed by atoms with Crippen molar-refractivity contribution in [3.63, 3.8) is 0 Å². The smallest absolute Gasteiger partial charge is 0.224 e. The van der Waals surface area contributed by atoms with Crippen molar-refractivity contribution < 1.29 is 9.53 Å². The Kier molecular flexibility index (Phi) is 8.68. The number of ether oxygens (including phenoxy) is 1. The molecule has 0 aliphatic carbocycles. The molecule has 1 saturated heterocycles. The van der Waals surface area contributed by atoms with E-state index in [9.17, 15) is 4.79 Å². The van der Waals surface area contributed by atoms with Gasteiger partial charge in [-0.1, -0.05) is 18.2 Å². The molecule has 6 heteroatoms. The molecule has 4 nitrogen and oxygen atoms in total. The van der Waals surface area contributed by atoms with Crippen LogP contribution in [0.25, 0.3) is 0 Å². The molecule has 0 spiro atoms. The van der Waals surface area contributed by atoms with Crippen molar-refractivity contribution in [2.75, 3.05) is 31.7 Å². The van der Waals surface area contributed by atoms with Gasteiger partial charge in [-0.25, -0.2) is 0 Å². The molecule has 1 aromatic carbocycles. The summed E-state index contributed by atoms with van der Waals surface area (Å²) in [7, 11) is 1.86. The van der Waals surface area contributed by atoms with Crippen LogP contribution in [0.1, 0.15) is 18.9 Å². The van der Waals surface area contributed by atoms with Gasteiger partial charge in [-0.3, -0.25) is 4.79 Å². The number of hydrogen-bond donors (Lipinski definition) is 1. The molecule has 0 aromatic heterocycles. The van der Waals surface area contributed by atoms with Gasteiger partial charge in [-0.2, -0.15) is 11.8 Å². The van der Waals surface area contributed by atoms with Crippen LogP contribution in [0.3, 0.4) is 0 Å². The van der Waals surface area contributed by atoms with Gasteiger partial charge in [0.2, 0.25) is 5.91 Å². The average Bonchev–Trinajstić information content (AvgIpc) is 2.50. The Morgan fingerprint density at radius 3 is 2.91 bits per heavy atom. The summed E-state index contributed by atoms with van der Waals surface area (Å²) < 4.78 is 5.61. The van der Waals surface area contributed by atoms with Crippen molar-refractivity contribution in [2.24, 2.45) is 0 Å². The molecular weight excluding hydrogens is 320 g/mol. The number of nitrogens with zero attached hydrogens (tertiary/aromatic N) is 1. The van der Waals surface area contributed by atoms with E-state index in [0.717, 1.165) is 29.4 Å². The van der Waals surface area contributed by atoms with E-state index in [-0.39, 0.29) is 18.3 Å². The SMILES string of the molecule is CCOc1ccccc1CN(C)C(=O)CC1CSCCN1.Cl. The number of amides is 1. The van der Waals surface area contributed by atoms with E-state index in [1.165, 1.54) is 0 Å². The van der Waals surface area contributed by atoms with Gasteiger partial charge in [0.15, 0.2) is 0 Å². The molecule has 0 bridgehead atoms. The average molecular weight is 345 g/mol. The number of rotatable bonds is 6. The van der Waals surface area contributed by atoms with Crippen LogP contribution < -0.4 is 10.1 Å². The van der Waals surface area contributed by atoms with E-state index < -0.39 is 0 Å². The molecule has 1 atom stereocenters. The monoisotopic (exact) mass is 344 g/mol. The number of thioether (sulfide) groups is 1. The van der Waals surface area contributed by atoms with E-state index in [1.54, 1.807) is 4.90 Å². The number of carbonyl (C=O) groups is 1. The van der Waals surface area contributed by atoms with E-state index in [0.29, 0.717) is 25.6 Å². The van der Waals surface area contributed by atoms with Gasteiger partial charge in [0.1, 0.15) is 5.75 Å². The summed E-state index contributed by atoms with van der Waals surface area (Å²) in [6.07, 6.45) is 0.570. The lowest BCUT2D eigenvalue weighted by Crippen LogP contribution is -2.41. The lowest BCUT2D eigenvalue weighted by molar-refractivity contribution is -0.130. The zero-order chi connectivity index (χ0) is 15.1. The lowest BCUT2D eigenvalue weighted by atomic mass is 10.1. The van der Waals surface area contributed by atoms with Crippen LogP contribution in [-0.2, 0) is 11.3 Å². The van der Waals surface area contributed by atoms with E-state index in [1.807, 2.05) is 50.0 Å². The van der Waals surface area contributed by atoms with Crippen LogP contribution in [-0.4, -0.2) is 48.6 Å². The summed E-state index contributed by atoms with van der Waals surface area (Å²) in [5.41, 5.74) is 1.06.